The average Bonchev–Trinajstić information content (AvgIpc) is 1.87. The molecule has 0 aromatic rings. The number of hydrogen-bond acceptors (Lipinski definition) is 3. The molecule has 11 heavy (non-hydrogen) atoms. The van der Waals surface area contributed by atoms with Gasteiger partial charge in [-0.25, -0.2) is 0 Å². The van der Waals surface area contributed by atoms with E-state index in [0.717, 1.165) is 26.6 Å². The molecule has 0 radical (unpaired) electrons. The molecule has 0 aromatic carbocycles. The lowest BCUT2D eigenvalue weighted by Crippen LogP contribution is -2.36. The van der Waals surface area contributed by atoms with Crippen molar-refractivity contribution >= 4 is 5.97 Å². The summed E-state index contributed by atoms with van der Waals surface area (Å²) in [6.45, 7) is 6.07. The highest BCUT2D eigenvalue weighted by Crippen LogP contribution is 1.91. The first-order valence-electron chi connectivity index (χ1n) is 3.64. The largest absolute Gasteiger partial charge is 0.481 e. The number of morpholine rings is 1. The van der Waals surface area contributed by atoms with Gasteiger partial charge in [0, 0.05) is 20.0 Å². The Morgan fingerprint density at radius 3 is 2.45 bits per heavy atom. The molecule has 0 amide bonds. The Bertz CT molecular complexity index is 106. The number of rotatable bonds is 0. The van der Waals surface area contributed by atoms with Crippen LogP contribution in [0.15, 0.2) is 0 Å². The molecule has 1 saturated heterocycles. The smallest absolute Gasteiger partial charge is 0.300 e. The maximum atomic E-state index is 9.00. The van der Waals surface area contributed by atoms with Crippen LogP contribution in [-0.4, -0.2) is 36.9 Å². The van der Waals surface area contributed by atoms with Gasteiger partial charge in [0.15, 0.2) is 0 Å². The molecule has 0 spiro atoms. The summed E-state index contributed by atoms with van der Waals surface area (Å²) >= 11 is 0. The number of ether oxygens (including phenoxy) is 1. The third-order valence-corrected chi connectivity index (χ3v) is 1.11. The molecule has 1 aliphatic heterocycles. The molecule has 1 atom stereocenters. The van der Waals surface area contributed by atoms with E-state index in [9.17, 15) is 0 Å². The summed E-state index contributed by atoms with van der Waals surface area (Å²) in [4.78, 5) is 9.00. The van der Waals surface area contributed by atoms with Gasteiger partial charge >= 0.3 is 0 Å². The number of carboxylic acid groups (broad SMARTS) is 1. The monoisotopic (exact) mass is 161 g/mol. The highest BCUT2D eigenvalue weighted by molar-refractivity contribution is 5.62. The summed E-state index contributed by atoms with van der Waals surface area (Å²) in [6.07, 6.45) is 0.425. The minimum Gasteiger partial charge on any atom is -0.481 e. The number of nitrogens with one attached hydrogen (secondary N) is 1. The Kier molecular flexibility index (Phi) is 5.78. The van der Waals surface area contributed by atoms with Crippen molar-refractivity contribution in [2.45, 2.75) is 20.0 Å². The second-order valence-corrected chi connectivity index (χ2v) is 2.40. The molecule has 0 saturated carbocycles. The normalized spacial score (nSPS) is 23.3. The lowest BCUT2D eigenvalue weighted by molar-refractivity contribution is -0.134. The SMILES string of the molecule is CC(=O)O.CC1CNCCO1. The Labute approximate surface area is 66.5 Å². The van der Waals surface area contributed by atoms with Crippen LogP contribution in [0.2, 0.25) is 0 Å². The number of hydrogen-bond donors (Lipinski definition) is 2. The molecule has 0 aromatic heterocycles. The molecule has 4 nitrogen and oxygen atoms in total. The van der Waals surface area contributed by atoms with Crippen molar-refractivity contribution in [2.75, 3.05) is 19.7 Å². The number of carbonyl (C=O) groups is 1. The first-order chi connectivity index (χ1) is 5.13. The molecule has 4 heteroatoms. The molecule has 0 bridgehead atoms. The first-order valence-corrected chi connectivity index (χ1v) is 3.64. The summed E-state index contributed by atoms with van der Waals surface area (Å²) in [6, 6.07) is 0. The van der Waals surface area contributed by atoms with Crippen LogP contribution in [0.4, 0.5) is 0 Å². The van der Waals surface area contributed by atoms with E-state index in [4.69, 9.17) is 14.6 Å². The second-order valence-electron chi connectivity index (χ2n) is 2.40. The van der Waals surface area contributed by atoms with Gasteiger partial charge in [0.25, 0.3) is 5.97 Å². The predicted molar refractivity (Wildman–Crippen MR) is 41.6 cm³/mol. The van der Waals surface area contributed by atoms with Crippen molar-refractivity contribution in [3.05, 3.63) is 0 Å². The topological polar surface area (TPSA) is 58.6 Å². The molecule has 0 aliphatic carbocycles. The van der Waals surface area contributed by atoms with Crippen molar-refractivity contribution in [1.29, 1.82) is 0 Å². The van der Waals surface area contributed by atoms with Gasteiger partial charge in [0.1, 0.15) is 0 Å². The van der Waals surface area contributed by atoms with Crippen LogP contribution in [-0.2, 0) is 9.53 Å². The van der Waals surface area contributed by atoms with Crippen molar-refractivity contribution in [2.24, 2.45) is 0 Å². The first kappa shape index (κ1) is 10.4. The molecule has 1 heterocycles. The molecule has 1 fully saturated rings. The molecular weight excluding hydrogens is 146 g/mol. The zero-order valence-electron chi connectivity index (χ0n) is 6.96. The minimum atomic E-state index is -0.833. The van der Waals surface area contributed by atoms with Gasteiger partial charge in [-0.2, -0.15) is 0 Å². The minimum absolute atomic E-state index is 0.425. The fraction of sp³-hybridized carbons (Fsp3) is 0.857. The van der Waals surface area contributed by atoms with Crippen molar-refractivity contribution in [1.82, 2.24) is 5.32 Å². The highest BCUT2D eigenvalue weighted by atomic mass is 16.5. The van der Waals surface area contributed by atoms with Crippen LogP contribution >= 0.6 is 0 Å². The van der Waals surface area contributed by atoms with Crippen molar-refractivity contribution in [3.63, 3.8) is 0 Å². The van der Waals surface area contributed by atoms with Gasteiger partial charge in [0.05, 0.1) is 12.7 Å². The van der Waals surface area contributed by atoms with Crippen molar-refractivity contribution in [3.8, 4) is 0 Å². The maximum Gasteiger partial charge on any atom is 0.300 e. The van der Waals surface area contributed by atoms with Crippen LogP contribution in [0, 0.1) is 0 Å². The van der Waals surface area contributed by atoms with E-state index in [2.05, 4.69) is 12.2 Å². The fourth-order valence-electron chi connectivity index (χ4n) is 0.697. The summed E-state index contributed by atoms with van der Waals surface area (Å²) in [5.74, 6) is -0.833. The summed E-state index contributed by atoms with van der Waals surface area (Å²) < 4.78 is 5.22. The van der Waals surface area contributed by atoms with Crippen LogP contribution in [0.25, 0.3) is 0 Å². The van der Waals surface area contributed by atoms with Crippen LogP contribution in [0.3, 0.4) is 0 Å². The summed E-state index contributed by atoms with van der Waals surface area (Å²) in [5.41, 5.74) is 0. The lowest BCUT2D eigenvalue weighted by Gasteiger charge is -2.18. The molecular formula is C7H15NO3. The molecule has 1 aliphatic rings. The summed E-state index contributed by atoms with van der Waals surface area (Å²) in [5, 5.41) is 10.6. The zero-order valence-corrected chi connectivity index (χ0v) is 6.96. The fourth-order valence-corrected chi connectivity index (χ4v) is 0.697. The predicted octanol–water partition coefficient (Wildman–Crippen LogP) is 0.0856. The Morgan fingerprint density at radius 1 is 1.73 bits per heavy atom. The van der Waals surface area contributed by atoms with E-state index in [0.29, 0.717) is 6.10 Å². The third kappa shape index (κ3) is 9.39. The van der Waals surface area contributed by atoms with Gasteiger partial charge in [-0.15, -0.1) is 0 Å². The Balaban J connectivity index is 0.000000218. The summed E-state index contributed by atoms with van der Waals surface area (Å²) in [7, 11) is 0. The van der Waals surface area contributed by atoms with Crippen LogP contribution in [0.1, 0.15) is 13.8 Å². The molecule has 1 unspecified atom stereocenters. The molecule has 2 N–H and O–H groups in total. The number of aliphatic carboxylic acids is 1. The van der Waals surface area contributed by atoms with Gasteiger partial charge in [-0.05, 0) is 6.92 Å². The lowest BCUT2D eigenvalue weighted by atomic mass is 10.3. The van der Waals surface area contributed by atoms with E-state index in [-0.39, 0.29) is 0 Å². The van der Waals surface area contributed by atoms with Crippen LogP contribution in [0.5, 0.6) is 0 Å². The van der Waals surface area contributed by atoms with E-state index >= 15 is 0 Å². The average molecular weight is 161 g/mol. The van der Waals surface area contributed by atoms with Gasteiger partial charge in [-0.3, -0.25) is 4.79 Å². The molecule has 66 valence electrons. The zero-order chi connectivity index (χ0) is 8.69. The quantitative estimate of drug-likeness (QED) is 0.528. The van der Waals surface area contributed by atoms with Crippen LogP contribution < -0.4 is 5.32 Å². The number of carboxylic acids is 1. The van der Waals surface area contributed by atoms with Gasteiger partial charge in [0.2, 0.25) is 0 Å². The Hall–Kier alpha value is -0.610. The molecule has 1 rings (SSSR count). The Morgan fingerprint density at radius 2 is 2.27 bits per heavy atom. The van der Waals surface area contributed by atoms with Crippen molar-refractivity contribution < 1.29 is 14.6 Å². The second kappa shape index (κ2) is 6.12. The van der Waals surface area contributed by atoms with E-state index in [1.54, 1.807) is 0 Å². The third-order valence-electron chi connectivity index (χ3n) is 1.11. The van der Waals surface area contributed by atoms with E-state index < -0.39 is 5.97 Å². The van der Waals surface area contributed by atoms with E-state index in [1.165, 1.54) is 0 Å². The van der Waals surface area contributed by atoms with E-state index in [1.807, 2.05) is 0 Å². The highest BCUT2D eigenvalue weighted by Gasteiger charge is 2.04. The van der Waals surface area contributed by atoms with Gasteiger partial charge < -0.3 is 15.2 Å². The maximum absolute atomic E-state index is 9.00. The standard InChI is InChI=1S/C5H11NO.C2H4O2/c1-5-4-6-2-3-7-5;1-2(3)4/h5-6H,2-4H2,1H3;1H3,(H,3,4). The van der Waals surface area contributed by atoms with Gasteiger partial charge in [-0.1, -0.05) is 0 Å².